The fourth-order valence-corrected chi connectivity index (χ4v) is 2.87. The van der Waals surface area contributed by atoms with Crippen molar-refractivity contribution in [3.8, 4) is 0 Å². The third-order valence-electron chi connectivity index (χ3n) is 2.82. The van der Waals surface area contributed by atoms with Gasteiger partial charge in [-0.05, 0) is 26.2 Å². The van der Waals surface area contributed by atoms with E-state index in [0.29, 0.717) is 11.6 Å². The zero-order valence-corrected chi connectivity index (χ0v) is 9.57. The van der Waals surface area contributed by atoms with E-state index in [1.165, 1.54) is 30.6 Å². The Balaban J connectivity index is 2.13. The van der Waals surface area contributed by atoms with Crippen LogP contribution in [-0.4, -0.2) is 34.7 Å². The van der Waals surface area contributed by atoms with Crippen molar-refractivity contribution in [3.05, 3.63) is 5.38 Å². The van der Waals surface area contributed by atoms with E-state index in [9.17, 15) is 0 Å². The molecule has 1 aromatic rings. The third-order valence-corrected chi connectivity index (χ3v) is 3.72. The van der Waals surface area contributed by atoms with Gasteiger partial charge in [-0.3, -0.25) is 0 Å². The number of hydrogen-bond acceptors (Lipinski definition) is 5. The summed E-state index contributed by atoms with van der Waals surface area (Å²) in [4.78, 5) is 6.48. The van der Waals surface area contributed by atoms with Crippen LogP contribution < -0.4 is 10.5 Å². The van der Waals surface area contributed by atoms with Crippen LogP contribution in [0.5, 0.6) is 0 Å². The molecule has 1 atom stereocenters. The minimum Gasteiger partial charge on any atom is -0.422 e. The van der Waals surface area contributed by atoms with E-state index < -0.39 is 7.12 Å². The molecule has 15 heavy (non-hydrogen) atoms. The summed E-state index contributed by atoms with van der Waals surface area (Å²) in [5.41, 5.74) is 0.354. The van der Waals surface area contributed by atoms with E-state index in [-0.39, 0.29) is 0 Å². The Morgan fingerprint density at radius 1 is 1.53 bits per heavy atom. The van der Waals surface area contributed by atoms with Gasteiger partial charge in [0.05, 0.1) is 5.59 Å². The molecule has 0 saturated carbocycles. The molecule has 1 unspecified atom stereocenters. The fourth-order valence-electron chi connectivity index (χ4n) is 1.91. The van der Waals surface area contributed by atoms with Gasteiger partial charge in [-0.1, -0.05) is 0 Å². The largest absolute Gasteiger partial charge is 0.509 e. The van der Waals surface area contributed by atoms with Gasteiger partial charge in [0.2, 0.25) is 0 Å². The van der Waals surface area contributed by atoms with Crippen molar-refractivity contribution in [2.45, 2.75) is 32.2 Å². The van der Waals surface area contributed by atoms with E-state index in [2.05, 4.69) is 16.8 Å². The molecule has 82 valence electrons. The van der Waals surface area contributed by atoms with Crippen molar-refractivity contribution in [3.63, 3.8) is 0 Å². The van der Waals surface area contributed by atoms with E-state index in [4.69, 9.17) is 10.0 Å². The van der Waals surface area contributed by atoms with E-state index in [1.807, 2.05) is 0 Å². The number of thiazole rings is 1. The van der Waals surface area contributed by atoms with Crippen LogP contribution in [0.1, 0.15) is 26.2 Å². The molecule has 2 heterocycles. The molecule has 0 aromatic carbocycles. The Kier molecular flexibility index (Phi) is 3.28. The van der Waals surface area contributed by atoms with Crippen molar-refractivity contribution >= 4 is 29.2 Å². The second-order valence-corrected chi connectivity index (χ2v) is 4.80. The van der Waals surface area contributed by atoms with Crippen LogP contribution in [-0.2, 0) is 0 Å². The molecular weight excluding hydrogens is 211 g/mol. The summed E-state index contributed by atoms with van der Waals surface area (Å²) in [5.74, 6) is 0. The van der Waals surface area contributed by atoms with E-state index >= 15 is 0 Å². The van der Waals surface area contributed by atoms with Crippen molar-refractivity contribution in [1.82, 2.24) is 4.98 Å². The zero-order valence-electron chi connectivity index (χ0n) is 8.76. The maximum Gasteiger partial charge on any atom is 0.509 e. The van der Waals surface area contributed by atoms with Crippen LogP contribution in [0, 0.1) is 0 Å². The van der Waals surface area contributed by atoms with Gasteiger partial charge in [0, 0.05) is 18.0 Å². The SMILES string of the molecule is CC1CCCCN1c1nc(B(O)O)cs1. The first-order chi connectivity index (χ1) is 7.18. The molecule has 2 N–H and O–H groups in total. The second kappa shape index (κ2) is 4.51. The van der Waals surface area contributed by atoms with Crippen LogP contribution in [0.4, 0.5) is 5.13 Å². The topological polar surface area (TPSA) is 56.6 Å². The molecule has 0 radical (unpaired) electrons. The molecule has 1 aliphatic heterocycles. The lowest BCUT2D eigenvalue weighted by atomic mass is 9.88. The first-order valence-electron chi connectivity index (χ1n) is 5.26. The van der Waals surface area contributed by atoms with Crippen molar-refractivity contribution in [2.75, 3.05) is 11.4 Å². The molecule has 1 aromatic heterocycles. The molecule has 0 aliphatic carbocycles. The van der Waals surface area contributed by atoms with Gasteiger partial charge in [-0.25, -0.2) is 4.98 Å². The van der Waals surface area contributed by atoms with E-state index in [0.717, 1.165) is 11.7 Å². The second-order valence-electron chi connectivity index (χ2n) is 3.97. The molecular formula is C9H15BN2O2S. The van der Waals surface area contributed by atoms with Crippen LogP contribution in [0.15, 0.2) is 5.38 Å². The number of anilines is 1. The van der Waals surface area contributed by atoms with Crippen molar-refractivity contribution < 1.29 is 10.0 Å². The number of hydrogen-bond donors (Lipinski definition) is 2. The fraction of sp³-hybridized carbons (Fsp3) is 0.667. The smallest absolute Gasteiger partial charge is 0.422 e. The van der Waals surface area contributed by atoms with Crippen molar-refractivity contribution in [2.24, 2.45) is 0 Å². The molecule has 0 amide bonds. The lowest BCUT2D eigenvalue weighted by molar-refractivity contribution is 0.424. The molecule has 6 heteroatoms. The lowest BCUT2D eigenvalue weighted by Crippen LogP contribution is -2.38. The van der Waals surface area contributed by atoms with Crippen molar-refractivity contribution in [1.29, 1.82) is 0 Å². The number of aromatic nitrogens is 1. The number of piperidine rings is 1. The Morgan fingerprint density at radius 3 is 2.93 bits per heavy atom. The van der Waals surface area contributed by atoms with Gasteiger partial charge in [-0.2, -0.15) is 0 Å². The monoisotopic (exact) mass is 226 g/mol. The van der Waals surface area contributed by atoms with Crippen LogP contribution in [0.3, 0.4) is 0 Å². The first-order valence-corrected chi connectivity index (χ1v) is 6.14. The van der Waals surface area contributed by atoms with Gasteiger partial charge < -0.3 is 14.9 Å². The van der Waals surface area contributed by atoms with Gasteiger partial charge in [-0.15, -0.1) is 11.3 Å². The average molecular weight is 226 g/mol. The Hall–Kier alpha value is -0.585. The standard InChI is InChI=1S/C9H15BN2O2S/c1-7-4-2-3-5-12(7)9-11-8(6-15-9)10(13)14/h6-7,13-14H,2-5H2,1H3. The van der Waals surface area contributed by atoms with Gasteiger partial charge >= 0.3 is 7.12 Å². The quantitative estimate of drug-likeness (QED) is 0.707. The van der Waals surface area contributed by atoms with Crippen LogP contribution in [0.25, 0.3) is 0 Å². The first kappa shape index (κ1) is 10.9. The Morgan fingerprint density at radius 2 is 2.33 bits per heavy atom. The Labute approximate surface area is 93.7 Å². The molecule has 0 spiro atoms. The van der Waals surface area contributed by atoms with E-state index in [1.54, 1.807) is 5.38 Å². The minimum atomic E-state index is -1.45. The lowest BCUT2D eigenvalue weighted by Gasteiger charge is -2.33. The molecule has 0 bridgehead atoms. The highest BCUT2D eigenvalue weighted by molar-refractivity contribution is 7.14. The maximum absolute atomic E-state index is 8.98. The minimum absolute atomic E-state index is 0.354. The highest BCUT2D eigenvalue weighted by Gasteiger charge is 2.23. The summed E-state index contributed by atoms with van der Waals surface area (Å²) in [6.45, 7) is 3.21. The molecule has 1 aliphatic rings. The highest BCUT2D eigenvalue weighted by Crippen LogP contribution is 2.25. The molecule has 2 rings (SSSR count). The summed E-state index contributed by atoms with van der Waals surface area (Å²) in [7, 11) is -1.45. The summed E-state index contributed by atoms with van der Waals surface area (Å²) >= 11 is 1.48. The van der Waals surface area contributed by atoms with Gasteiger partial charge in [0.1, 0.15) is 0 Å². The van der Waals surface area contributed by atoms with Crippen LogP contribution >= 0.6 is 11.3 Å². The van der Waals surface area contributed by atoms with Gasteiger partial charge in [0.15, 0.2) is 5.13 Å². The summed E-state index contributed by atoms with van der Waals surface area (Å²) in [6, 6.07) is 0.508. The predicted molar refractivity (Wildman–Crippen MR) is 62.6 cm³/mol. The maximum atomic E-state index is 8.98. The summed E-state index contributed by atoms with van der Waals surface area (Å²) in [5, 5.41) is 20.6. The molecule has 1 saturated heterocycles. The molecule has 4 nitrogen and oxygen atoms in total. The average Bonchev–Trinajstić information content (AvgIpc) is 2.67. The number of rotatable bonds is 2. The van der Waals surface area contributed by atoms with Gasteiger partial charge in [0.25, 0.3) is 0 Å². The highest BCUT2D eigenvalue weighted by atomic mass is 32.1. The Bertz CT molecular complexity index is 332. The zero-order chi connectivity index (χ0) is 10.8. The normalized spacial score (nSPS) is 21.8. The number of nitrogens with zero attached hydrogens (tertiary/aromatic N) is 2. The predicted octanol–water partition coefficient (Wildman–Crippen LogP) is 0.202. The summed E-state index contributed by atoms with van der Waals surface area (Å²) < 4.78 is 0. The van der Waals surface area contributed by atoms with Crippen LogP contribution in [0.2, 0.25) is 0 Å². The molecule has 1 fully saturated rings. The third kappa shape index (κ3) is 2.33. The summed E-state index contributed by atoms with van der Waals surface area (Å²) in [6.07, 6.45) is 3.66.